The number of rotatable bonds is 8. The van der Waals surface area contributed by atoms with Gasteiger partial charge in [0.05, 0.1) is 11.7 Å². The van der Waals surface area contributed by atoms with Crippen LogP contribution in [0.25, 0.3) is 16.9 Å². The van der Waals surface area contributed by atoms with E-state index < -0.39 is 58.7 Å². The summed E-state index contributed by atoms with van der Waals surface area (Å²) in [5, 5.41) is 48.2. The Morgan fingerprint density at radius 2 is 1.80 bits per heavy atom. The fraction of sp³-hybridized carbons (Fsp3) is 0.455. The number of nitrogens with zero attached hydrogens (tertiary/aromatic N) is 2. The van der Waals surface area contributed by atoms with E-state index in [4.69, 9.17) is 5.73 Å². The molecule has 3 aliphatic rings. The number of benzene rings is 2. The van der Waals surface area contributed by atoms with E-state index in [9.17, 15) is 39.6 Å². The third-order valence-electron chi connectivity index (χ3n) is 9.48. The molecule has 2 aromatic carbocycles. The van der Waals surface area contributed by atoms with Crippen molar-refractivity contribution in [2.75, 3.05) is 41.3 Å². The van der Waals surface area contributed by atoms with E-state index in [2.05, 4.69) is 5.32 Å². The molecule has 3 aliphatic carbocycles. The van der Waals surface area contributed by atoms with Gasteiger partial charge in [-0.15, -0.1) is 0 Å². The Bertz CT molecular complexity index is 1600. The molecule has 2 fully saturated rings. The summed E-state index contributed by atoms with van der Waals surface area (Å²) in [5.74, 6) is -8.17. The monoisotopic (exact) mass is 620 g/mol. The normalized spacial score (nSPS) is 27.7. The lowest BCUT2D eigenvalue weighted by molar-refractivity contribution is -0.184. The summed E-state index contributed by atoms with van der Waals surface area (Å²) >= 11 is 0. The van der Waals surface area contributed by atoms with Crippen molar-refractivity contribution in [3.63, 3.8) is 0 Å². The Kier molecular flexibility index (Phi) is 8.62. The molecule has 6 atom stereocenters. The number of aromatic hydroxyl groups is 1. The Morgan fingerprint density at radius 3 is 2.44 bits per heavy atom. The van der Waals surface area contributed by atoms with Crippen LogP contribution in [0.15, 0.2) is 42.0 Å². The summed E-state index contributed by atoms with van der Waals surface area (Å²) in [6.45, 7) is 1.33. The van der Waals surface area contributed by atoms with Crippen molar-refractivity contribution in [3.8, 4) is 16.9 Å². The summed E-state index contributed by atoms with van der Waals surface area (Å²) in [4.78, 5) is 56.3. The minimum absolute atomic E-state index is 0.00778. The summed E-state index contributed by atoms with van der Waals surface area (Å²) in [6.07, 6.45) is -0.604. The molecule has 2 unspecified atom stereocenters. The van der Waals surface area contributed by atoms with Crippen LogP contribution in [0.5, 0.6) is 5.75 Å². The molecule has 45 heavy (non-hydrogen) atoms. The number of carbonyl (C=O) groups excluding carboxylic acids is 4. The van der Waals surface area contributed by atoms with Crippen LogP contribution in [0.1, 0.15) is 34.3 Å². The number of carbonyl (C=O) groups is 4. The molecule has 2 saturated carbocycles. The van der Waals surface area contributed by atoms with Gasteiger partial charge in [-0.1, -0.05) is 18.2 Å². The molecule has 0 spiro atoms. The fourth-order valence-corrected chi connectivity index (χ4v) is 7.40. The van der Waals surface area contributed by atoms with Crippen LogP contribution in [0.3, 0.4) is 0 Å². The predicted octanol–water partition coefficient (Wildman–Crippen LogP) is 0.478. The van der Waals surface area contributed by atoms with Crippen LogP contribution in [0.2, 0.25) is 0 Å². The maximum absolute atomic E-state index is 14.1. The Hall–Kier alpha value is -4.10. The number of aliphatic hydroxyl groups excluding tert-OH is 2. The van der Waals surface area contributed by atoms with E-state index in [1.807, 2.05) is 19.0 Å². The van der Waals surface area contributed by atoms with Crippen LogP contribution >= 0.6 is 0 Å². The first-order valence-corrected chi connectivity index (χ1v) is 15.0. The van der Waals surface area contributed by atoms with Gasteiger partial charge in [-0.25, -0.2) is 0 Å². The van der Waals surface area contributed by atoms with E-state index >= 15 is 0 Å². The highest BCUT2D eigenvalue weighted by Gasteiger charge is 2.67. The Morgan fingerprint density at radius 1 is 1.09 bits per heavy atom. The second kappa shape index (κ2) is 12.0. The number of aliphatic hydroxyl groups is 3. The smallest absolute Gasteiger partial charge is 0.251 e. The van der Waals surface area contributed by atoms with Crippen LogP contribution < -0.4 is 11.1 Å². The van der Waals surface area contributed by atoms with Gasteiger partial charge in [-0.2, -0.15) is 0 Å². The SMILES string of the molecule is CN(C)CCCNC(=O)c1cccc(-c2ccc(O)c3c2C[C@H]2C[C@H]4[C@H](N(C)C)C(O)C(C(N)=O)C(=O)[C@@]4(O)C(=O)C2=C3O)c1. The number of nitrogens with one attached hydrogen (secondary N) is 1. The van der Waals surface area contributed by atoms with Crippen LogP contribution in [-0.2, 0) is 20.8 Å². The molecule has 2 amide bonds. The van der Waals surface area contributed by atoms with Gasteiger partial charge in [0, 0.05) is 29.6 Å². The molecule has 0 aromatic heterocycles. The predicted molar refractivity (Wildman–Crippen MR) is 165 cm³/mol. The molecule has 0 radical (unpaired) electrons. The lowest BCUT2D eigenvalue weighted by atomic mass is 9.54. The van der Waals surface area contributed by atoms with Crippen molar-refractivity contribution in [2.45, 2.75) is 37.0 Å². The zero-order valence-corrected chi connectivity index (χ0v) is 25.8. The van der Waals surface area contributed by atoms with E-state index in [1.54, 1.807) is 49.3 Å². The van der Waals surface area contributed by atoms with Crippen molar-refractivity contribution >= 4 is 29.1 Å². The number of hydrogen-bond donors (Lipinski definition) is 6. The number of primary amides is 1. The van der Waals surface area contributed by atoms with Crippen LogP contribution in [0.4, 0.5) is 0 Å². The number of nitrogens with two attached hydrogens (primary N) is 1. The van der Waals surface area contributed by atoms with Crippen LogP contribution in [-0.4, -0.2) is 113 Å². The number of Topliss-reactive ketones (excluding diaryl/α,β-unsaturated/α-hetero) is 2. The first kappa shape index (κ1) is 32.3. The number of phenols is 1. The molecule has 0 bridgehead atoms. The van der Waals surface area contributed by atoms with Crippen molar-refractivity contribution in [2.24, 2.45) is 23.5 Å². The molecule has 240 valence electrons. The van der Waals surface area contributed by atoms with Gasteiger partial charge in [0.15, 0.2) is 11.4 Å². The van der Waals surface area contributed by atoms with Crippen molar-refractivity contribution in [3.05, 3.63) is 58.7 Å². The zero-order valence-electron chi connectivity index (χ0n) is 25.8. The maximum Gasteiger partial charge on any atom is 0.251 e. The molecule has 0 saturated heterocycles. The number of fused-ring (bicyclic) bond motifs is 3. The highest BCUT2D eigenvalue weighted by Crippen LogP contribution is 2.53. The van der Waals surface area contributed by atoms with Gasteiger partial charge in [-0.05, 0) is 94.8 Å². The molecule has 5 rings (SSSR count). The molecule has 7 N–H and O–H groups in total. The van der Waals surface area contributed by atoms with Gasteiger partial charge in [0.25, 0.3) is 5.91 Å². The number of amides is 2. The minimum atomic E-state index is -2.72. The summed E-state index contributed by atoms with van der Waals surface area (Å²) < 4.78 is 0. The van der Waals surface area contributed by atoms with Gasteiger partial charge in [-0.3, -0.25) is 19.2 Å². The van der Waals surface area contributed by atoms with Gasteiger partial charge in [0.2, 0.25) is 11.7 Å². The van der Waals surface area contributed by atoms with Gasteiger partial charge in [0.1, 0.15) is 17.4 Å². The van der Waals surface area contributed by atoms with Gasteiger partial charge < -0.3 is 41.3 Å². The summed E-state index contributed by atoms with van der Waals surface area (Å²) in [6, 6.07) is 9.03. The first-order valence-electron chi connectivity index (χ1n) is 15.0. The average molecular weight is 621 g/mol. The molecular formula is C33H40N4O8. The third-order valence-corrected chi connectivity index (χ3v) is 9.48. The second-order valence-corrected chi connectivity index (χ2v) is 12.8. The highest BCUT2D eigenvalue weighted by molar-refractivity contribution is 6.25. The molecule has 12 nitrogen and oxygen atoms in total. The first-order chi connectivity index (χ1) is 21.2. The number of likely N-dealkylation sites (N-methyl/N-ethyl adjacent to an activating group) is 1. The molecule has 2 aromatic rings. The van der Waals surface area contributed by atoms with Crippen LogP contribution in [0, 0.1) is 17.8 Å². The summed E-state index contributed by atoms with van der Waals surface area (Å²) in [7, 11) is 7.13. The second-order valence-electron chi connectivity index (χ2n) is 12.8. The quantitative estimate of drug-likeness (QED) is 0.179. The average Bonchev–Trinajstić information content (AvgIpc) is 2.96. The fourth-order valence-electron chi connectivity index (χ4n) is 7.40. The largest absolute Gasteiger partial charge is 0.507 e. The van der Waals surface area contributed by atoms with E-state index in [1.165, 1.54) is 6.07 Å². The van der Waals surface area contributed by atoms with Crippen molar-refractivity contribution in [1.29, 1.82) is 0 Å². The third kappa shape index (κ3) is 5.31. The lowest BCUT2D eigenvalue weighted by Crippen LogP contribution is -2.73. The van der Waals surface area contributed by atoms with E-state index in [0.29, 0.717) is 28.8 Å². The Labute approximate surface area is 261 Å². The summed E-state index contributed by atoms with van der Waals surface area (Å²) in [5.41, 5.74) is 4.74. The number of ketones is 2. The number of hydrogen-bond acceptors (Lipinski definition) is 10. The highest BCUT2D eigenvalue weighted by atomic mass is 16.3. The molecule has 0 heterocycles. The maximum atomic E-state index is 14.1. The zero-order chi connectivity index (χ0) is 33.0. The van der Waals surface area contributed by atoms with E-state index in [-0.39, 0.29) is 35.6 Å². The topological polar surface area (TPSA) is 194 Å². The molecule has 0 aliphatic heterocycles. The number of phenolic OH excluding ortho intramolecular Hbond substituents is 1. The van der Waals surface area contributed by atoms with Crippen molar-refractivity contribution in [1.82, 2.24) is 15.1 Å². The molecular weight excluding hydrogens is 580 g/mol. The van der Waals surface area contributed by atoms with E-state index in [0.717, 1.165) is 13.0 Å². The Balaban J connectivity index is 1.56. The standard InChI is InChI=1S/C33H40N4O8/c1-36(2)12-6-11-35-32(44)17-8-5-7-16(13-17)19-9-10-22(38)24-20(19)14-18-15-21-26(37(3)4)28(40)25(31(34)43)30(42)33(21,45)29(41)23(18)27(24)39/h5,7-10,13,18,21,25-26,28,38-40,45H,6,11-12,14-15H2,1-4H3,(H2,34,43)(H,35,44)/t18-,21-,25?,26-,28?,33-/m0/s1. The molecule has 12 heteroatoms. The minimum Gasteiger partial charge on any atom is -0.507 e. The van der Waals surface area contributed by atoms with Crippen molar-refractivity contribution < 1.29 is 39.6 Å². The van der Waals surface area contributed by atoms with Gasteiger partial charge >= 0.3 is 0 Å². The lowest BCUT2D eigenvalue weighted by Gasteiger charge is -2.53.